The SMILES string of the molecule is Cc1nc2c3ccccc3nc(SCC(=O)Nc3ccc(C)c(F)c3)n2n1. The molecule has 0 atom stereocenters. The standard InChI is InChI=1S/C19H16FN5OS/c1-11-7-8-13(9-15(11)20)22-17(26)10-27-19-23-16-6-4-3-5-14(16)18-21-12(2)24-25(18)19/h3-9H,10H2,1-2H3,(H,22,26). The Kier molecular flexibility index (Phi) is 4.49. The van der Waals surface area contributed by atoms with Crippen LogP contribution in [0.15, 0.2) is 47.6 Å². The Morgan fingerprint density at radius 2 is 2.00 bits per heavy atom. The van der Waals surface area contributed by atoms with Crippen molar-refractivity contribution in [2.24, 2.45) is 0 Å². The molecule has 0 radical (unpaired) electrons. The third kappa shape index (κ3) is 3.48. The number of aromatic nitrogens is 4. The molecule has 0 saturated carbocycles. The number of para-hydroxylation sites is 1. The maximum absolute atomic E-state index is 13.6. The molecule has 136 valence electrons. The molecule has 2 aromatic heterocycles. The number of carbonyl (C=O) groups is 1. The van der Waals surface area contributed by atoms with Gasteiger partial charge in [-0.3, -0.25) is 4.79 Å². The Labute approximate surface area is 158 Å². The lowest BCUT2D eigenvalue weighted by molar-refractivity contribution is -0.113. The zero-order valence-corrected chi connectivity index (χ0v) is 15.5. The summed E-state index contributed by atoms with van der Waals surface area (Å²) in [5.41, 5.74) is 2.46. The first-order valence-electron chi connectivity index (χ1n) is 8.32. The highest BCUT2D eigenvalue weighted by Gasteiger charge is 2.14. The minimum Gasteiger partial charge on any atom is -0.325 e. The quantitative estimate of drug-likeness (QED) is 0.430. The van der Waals surface area contributed by atoms with E-state index in [-0.39, 0.29) is 17.5 Å². The molecule has 1 amide bonds. The van der Waals surface area contributed by atoms with E-state index >= 15 is 0 Å². The van der Waals surface area contributed by atoms with Crippen LogP contribution in [-0.4, -0.2) is 31.2 Å². The molecule has 0 aliphatic heterocycles. The highest BCUT2D eigenvalue weighted by atomic mass is 32.2. The normalized spacial score (nSPS) is 11.2. The molecule has 8 heteroatoms. The van der Waals surface area contributed by atoms with Crippen LogP contribution in [0.25, 0.3) is 16.6 Å². The Morgan fingerprint density at radius 3 is 2.81 bits per heavy atom. The molecule has 0 unspecified atom stereocenters. The van der Waals surface area contributed by atoms with Crippen LogP contribution < -0.4 is 5.32 Å². The van der Waals surface area contributed by atoms with Gasteiger partial charge in [0.1, 0.15) is 11.6 Å². The van der Waals surface area contributed by atoms with E-state index in [2.05, 4.69) is 20.4 Å². The summed E-state index contributed by atoms with van der Waals surface area (Å²) in [5, 5.41) is 8.57. The summed E-state index contributed by atoms with van der Waals surface area (Å²) < 4.78 is 15.3. The minimum absolute atomic E-state index is 0.120. The average Bonchev–Trinajstić information content (AvgIpc) is 3.05. The number of nitrogens with one attached hydrogen (secondary N) is 1. The molecule has 2 heterocycles. The van der Waals surface area contributed by atoms with E-state index in [0.717, 1.165) is 10.9 Å². The van der Waals surface area contributed by atoms with Crippen LogP contribution in [0.4, 0.5) is 10.1 Å². The third-order valence-corrected chi connectivity index (χ3v) is 4.97. The Hall–Kier alpha value is -3.00. The van der Waals surface area contributed by atoms with E-state index < -0.39 is 0 Å². The van der Waals surface area contributed by atoms with Crippen molar-refractivity contribution in [2.75, 3.05) is 11.1 Å². The van der Waals surface area contributed by atoms with Crippen LogP contribution in [0.2, 0.25) is 0 Å². The van der Waals surface area contributed by atoms with Gasteiger partial charge in [-0.1, -0.05) is 30.0 Å². The number of benzene rings is 2. The zero-order valence-electron chi connectivity index (χ0n) is 14.7. The Morgan fingerprint density at radius 1 is 1.19 bits per heavy atom. The molecule has 0 saturated heterocycles. The van der Waals surface area contributed by atoms with Crippen LogP contribution in [0.1, 0.15) is 11.4 Å². The van der Waals surface area contributed by atoms with Gasteiger partial charge < -0.3 is 5.32 Å². The van der Waals surface area contributed by atoms with Crippen LogP contribution in [0.3, 0.4) is 0 Å². The topological polar surface area (TPSA) is 72.2 Å². The van der Waals surface area contributed by atoms with Gasteiger partial charge in [0.15, 0.2) is 10.8 Å². The fourth-order valence-corrected chi connectivity index (χ4v) is 3.47. The molecule has 0 aliphatic carbocycles. The molecule has 6 nitrogen and oxygen atoms in total. The monoisotopic (exact) mass is 381 g/mol. The molecule has 4 rings (SSSR count). The second-order valence-electron chi connectivity index (χ2n) is 6.11. The van der Waals surface area contributed by atoms with Crippen molar-refractivity contribution in [3.63, 3.8) is 0 Å². The van der Waals surface area contributed by atoms with Crippen molar-refractivity contribution >= 4 is 39.9 Å². The number of halogens is 1. The van der Waals surface area contributed by atoms with Gasteiger partial charge in [-0.2, -0.15) is 4.52 Å². The molecule has 27 heavy (non-hydrogen) atoms. The third-order valence-electron chi connectivity index (χ3n) is 4.04. The van der Waals surface area contributed by atoms with Crippen molar-refractivity contribution in [3.8, 4) is 0 Å². The van der Waals surface area contributed by atoms with Gasteiger partial charge >= 0.3 is 0 Å². The second kappa shape index (κ2) is 6.96. The number of hydrogen-bond acceptors (Lipinski definition) is 5. The molecule has 2 aromatic carbocycles. The zero-order chi connectivity index (χ0) is 19.0. The van der Waals surface area contributed by atoms with Gasteiger partial charge in [-0.15, -0.1) is 5.10 Å². The summed E-state index contributed by atoms with van der Waals surface area (Å²) in [5.74, 6) is 0.156. The number of aryl methyl sites for hydroxylation is 2. The number of carbonyl (C=O) groups excluding carboxylic acids is 1. The highest BCUT2D eigenvalue weighted by molar-refractivity contribution is 7.99. The predicted molar refractivity (Wildman–Crippen MR) is 104 cm³/mol. The molecule has 0 bridgehead atoms. The number of thioether (sulfide) groups is 1. The van der Waals surface area contributed by atoms with Crippen molar-refractivity contribution in [1.29, 1.82) is 0 Å². The first kappa shape index (κ1) is 17.4. The molecular formula is C19H16FN5OS. The lowest BCUT2D eigenvalue weighted by Gasteiger charge is -2.08. The Balaban J connectivity index is 1.57. The summed E-state index contributed by atoms with van der Waals surface area (Å²) in [4.78, 5) is 21.3. The van der Waals surface area contributed by atoms with Crippen molar-refractivity contribution in [3.05, 3.63) is 59.7 Å². The maximum Gasteiger partial charge on any atom is 0.234 e. The summed E-state index contributed by atoms with van der Waals surface area (Å²) in [7, 11) is 0. The number of anilines is 1. The number of hydrogen-bond donors (Lipinski definition) is 1. The van der Waals surface area contributed by atoms with E-state index in [1.165, 1.54) is 17.8 Å². The van der Waals surface area contributed by atoms with E-state index in [1.807, 2.05) is 31.2 Å². The first-order valence-corrected chi connectivity index (χ1v) is 9.31. The molecule has 0 aliphatic rings. The number of amides is 1. The summed E-state index contributed by atoms with van der Waals surface area (Å²) >= 11 is 1.26. The van der Waals surface area contributed by atoms with E-state index in [0.29, 0.717) is 27.9 Å². The van der Waals surface area contributed by atoms with Crippen LogP contribution in [-0.2, 0) is 4.79 Å². The number of rotatable bonds is 4. The van der Waals surface area contributed by atoms with Gasteiger partial charge in [0.2, 0.25) is 5.91 Å². The smallest absolute Gasteiger partial charge is 0.234 e. The number of fused-ring (bicyclic) bond motifs is 3. The fraction of sp³-hybridized carbons (Fsp3) is 0.158. The molecule has 0 fully saturated rings. The predicted octanol–water partition coefficient (Wildman–Crippen LogP) is 3.76. The second-order valence-corrected chi connectivity index (χ2v) is 7.05. The van der Waals surface area contributed by atoms with Gasteiger partial charge in [0.25, 0.3) is 0 Å². The van der Waals surface area contributed by atoms with E-state index in [4.69, 9.17) is 0 Å². The van der Waals surface area contributed by atoms with Crippen molar-refractivity contribution in [2.45, 2.75) is 19.0 Å². The lowest BCUT2D eigenvalue weighted by Crippen LogP contribution is -2.15. The van der Waals surface area contributed by atoms with Gasteiger partial charge in [0, 0.05) is 11.1 Å². The fourth-order valence-electron chi connectivity index (χ4n) is 2.72. The summed E-state index contributed by atoms with van der Waals surface area (Å²) in [6.07, 6.45) is 0. The number of nitrogens with zero attached hydrogens (tertiary/aromatic N) is 4. The Bertz CT molecular complexity index is 1170. The van der Waals surface area contributed by atoms with Gasteiger partial charge in [-0.25, -0.2) is 14.4 Å². The van der Waals surface area contributed by atoms with E-state index in [9.17, 15) is 9.18 Å². The highest BCUT2D eigenvalue weighted by Crippen LogP contribution is 2.24. The maximum atomic E-state index is 13.6. The van der Waals surface area contributed by atoms with Crippen LogP contribution >= 0.6 is 11.8 Å². The lowest BCUT2D eigenvalue weighted by atomic mass is 10.2. The molecular weight excluding hydrogens is 365 g/mol. The van der Waals surface area contributed by atoms with Gasteiger partial charge in [0.05, 0.1) is 11.3 Å². The van der Waals surface area contributed by atoms with E-state index in [1.54, 1.807) is 23.6 Å². The minimum atomic E-state index is -0.351. The summed E-state index contributed by atoms with van der Waals surface area (Å²) in [6, 6.07) is 12.3. The molecule has 0 spiro atoms. The molecule has 4 aromatic rings. The van der Waals surface area contributed by atoms with Gasteiger partial charge in [-0.05, 0) is 43.7 Å². The average molecular weight is 381 g/mol. The van der Waals surface area contributed by atoms with Crippen LogP contribution in [0, 0.1) is 19.7 Å². The summed E-state index contributed by atoms with van der Waals surface area (Å²) in [6.45, 7) is 3.49. The van der Waals surface area contributed by atoms with Crippen molar-refractivity contribution in [1.82, 2.24) is 19.6 Å². The largest absolute Gasteiger partial charge is 0.325 e. The van der Waals surface area contributed by atoms with Crippen molar-refractivity contribution < 1.29 is 9.18 Å². The van der Waals surface area contributed by atoms with Crippen LogP contribution in [0.5, 0.6) is 0 Å². The first-order chi connectivity index (χ1) is 13.0. The molecule has 1 N–H and O–H groups in total.